The van der Waals surface area contributed by atoms with Crippen LogP contribution in [0.4, 0.5) is 5.69 Å². The summed E-state index contributed by atoms with van der Waals surface area (Å²) in [4.78, 5) is 32.6. The van der Waals surface area contributed by atoms with Crippen LogP contribution in [-0.2, 0) is 56.2 Å². The second-order valence-electron chi connectivity index (χ2n) is 22.9. The van der Waals surface area contributed by atoms with Crippen molar-refractivity contribution in [2.24, 2.45) is 0 Å². The molecule has 0 saturated carbocycles. The monoisotopic (exact) mass is 1480 g/mol. The van der Waals surface area contributed by atoms with E-state index in [0.717, 1.165) is 68.1 Å². The molecule has 8 rings (SSSR count). The van der Waals surface area contributed by atoms with E-state index < -0.39 is 10.0 Å². The minimum Gasteiger partial charge on any atom is -0.494 e. The molecular formula is C89H143N3O12S. The Bertz CT molecular complexity index is 3380. The van der Waals surface area contributed by atoms with Gasteiger partial charge in [-0.25, -0.2) is 13.1 Å². The highest BCUT2D eigenvalue weighted by molar-refractivity contribution is 7.89. The molecule has 3 N–H and O–H groups in total. The average molecular weight is 1480 g/mol. The normalized spacial score (nSPS) is 9.35. The van der Waals surface area contributed by atoms with Gasteiger partial charge in [0.05, 0.1) is 24.7 Å². The minimum atomic E-state index is -3.48. The average Bonchev–Trinajstić information content (AvgIpc) is 0.845. The largest absolute Gasteiger partial charge is 0.494 e. The zero-order valence-corrected chi connectivity index (χ0v) is 63.8. The molecule has 0 spiro atoms. The topological polar surface area (TPSA) is 186 Å². The van der Waals surface area contributed by atoms with Gasteiger partial charge >= 0.3 is 5.97 Å². The number of methoxy groups -OCH3 is 1. The van der Waals surface area contributed by atoms with E-state index in [9.17, 15) is 22.8 Å². The van der Waals surface area contributed by atoms with Crippen LogP contribution in [0.1, 0.15) is 196 Å². The van der Waals surface area contributed by atoms with Crippen molar-refractivity contribution in [3.63, 3.8) is 0 Å². The number of ether oxygens (including phenoxy) is 7. The lowest BCUT2D eigenvalue weighted by Crippen LogP contribution is -2.27. The lowest BCUT2D eigenvalue weighted by Gasteiger charge is -2.09. The number of sulfonamides is 1. The zero-order valence-electron chi connectivity index (χ0n) is 62.9. The van der Waals surface area contributed by atoms with E-state index in [1.54, 1.807) is 19.2 Å². The Morgan fingerprint density at radius 1 is 0.438 bits per heavy atom. The predicted octanol–water partition coefficient (Wildman–Crippen LogP) is 22.7. The Hall–Kier alpha value is -8.38. The fourth-order valence-corrected chi connectivity index (χ4v) is 9.03. The number of hydrogen-bond acceptors (Lipinski definition) is 12. The number of esters is 1. The molecule has 0 aliphatic rings. The van der Waals surface area contributed by atoms with Crippen LogP contribution in [-0.4, -0.2) is 93.0 Å². The van der Waals surface area contributed by atoms with Crippen LogP contribution in [0.2, 0.25) is 0 Å². The van der Waals surface area contributed by atoms with Crippen molar-refractivity contribution >= 4 is 44.3 Å². The van der Waals surface area contributed by atoms with E-state index in [1.807, 2.05) is 95.3 Å². The van der Waals surface area contributed by atoms with Crippen LogP contribution >= 0.6 is 0 Å². The van der Waals surface area contributed by atoms with E-state index in [2.05, 4.69) is 186 Å². The van der Waals surface area contributed by atoms with Gasteiger partial charge in [-0.05, 0) is 163 Å². The first-order chi connectivity index (χ1) is 47.4. The van der Waals surface area contributed by atoms with Gasteiger partial charge in [0.2, 0.25) is 21.8 Å². The number of rotatable bonds is 25. The van der Waals surface area contributed by atoms with Gasteiger partial charge in [0.1, 0.15) is 37.3 Å². The summed E-state index contributed by atoms with van der Waals surface area (Å²) in [5, 5.41) is 8.01. The maximum atomic E-state index is 11.8. The third kappa shape index (κ3) is 58.6. The Morgan fingerprint density at radius 2 is 0.895 bits per heavy atom. The van der Waals surface area contributed by atoms with Crippen LogP contribution in [0.5, 0.6) is 17.2 Å². The van der Waals surface area contributed by atoms with Crippen molar-refractivity contribution in [3.8, 4) is 17.2 Å². The zero-order chi connectivity index (χ0) is 74.1. The molecule has 0 atom stereocenters. The molecule has 0 aliphatic carbocycles. The lowest BCUT2D eigenvalue weighted by molar-refractivity contribution is -0.143. The Balaban J connectivity index is -0.000000209. The number of carbonyl (C=O) groups is 3. The SMILES string of the molecule is C.C.C.C.C.C.CC(=O)OCCOCOc1ccccc1C.CCC.CCCC(=O)NCCOc1ccc(C)cc1.CCCNS(=O)(=O)c1cccc(NC(C)=O)c1.CCCOc1ccc(C)cc1.CCOCOC.CCc1ccc(C)cc1.CCc1ccc(C)cc1.Cc1ccc2cc(C)ccc2c1. The molecule has 0 aliphatic heterocycles. The van der Waals surface area contributed by atoms with Crippen molar-refractivity contribution in [1.82, 2.24) is 10.0 Å². The van der Waals surface area contributed by atoms with Gasteiger partial charge in [0.25, 0.3) is 0 Å². The van der Waals surface area contributed by atoms with E-state index in [-0.39, 0.29) is 80.6 Å². The predicted molar refractivity (Wildman–Crippen MR) is 451 cm³/mol. The number of aryl methyl sites for hydroxylation is 9. The molecule has 0 unspecified atom stereocenters. The molecule has 105 heavy (non-hydrogen) atoms. The maximum Gasteiger partial charge on any atom is 0.302 e. The molecule has 16 heteroatoms. The molecular weight excluding hydrogens is 1340 g/mol. The number of amides is 2. The molecule has 2 amide bonds. The summed E-state index contributed by atoms with van der Waals surface area (Å²) in [6.07, 6.45) is 6.79. The second kappa shape index (κ2) is 70.0. The fraction of sp³-hybridized carbons (Fsp3) is 0.449. The lowest BCUT2D eigenvalue weighted by atomic mass is 10.1. The maximum absolute atomic E-state index is 11.8. The van der Waals surface area contributed by atoms with Crippen LogP contribution in [0, 0.1) is 48.5 Å². The van der Waals surface area contributed by atoms with Crippen LogP contribution in [0.3, 0.4) is 0 Å². The third-order valence-corrected chi connectivity index (χ3v) is 14.7. The number of hydrogen-bond donors (Lipinski definition) is 3. The summed E-state index contributed by atoms with van der Waals surface area (Å²) in [7, 11) is -1.88. The Labute approximate surface area is 640 Å². The number of nitrogens with one attached hydrogen (secondary N) is 3. The van der Waals surface area contributed by atoms with E-state index in [4.69, 9.17) is 28.4 Å². The van der Waals surface area contributed by atoms with Crippen molar-refractivity contribution in [3.05, 3.63) is 232 Å². The summed E-state index contributed by atoms with van der Waals surface area (Å²) >= 11 is 0. The number of para-hydroxylation sites is 1. The van der Waals surface area contributed by atoms with E-state index in [1.165, 1.54) is 87.7 Å². The molecule has 0 bridgehead atoms. The molecule has 0 radical (unpaired) electrons. The van der Waals surface area contributed by atoms with E-state index in [0.29, 0.717) is 45.2 Å². The van der Waals surface area contributed by atoms with Gasteiger partial charge in [0, 0.05) is 46.2 Å². The summed E-state index contributed by atoms with van der Waals surface area (Å²) < 4.78 is 61.5. The quantitative estimate of drug-likeness (QED) is 0.0280. The van der Waals surface area contributed by atoms with Crippen molar-refractivity contribution in [2.45, 2.75) is 212 Å². The Morgan fingerprint density at radius 3 is 1.30 bits per heavy atom. The van der Waals surface area contributed by atoms with Gasteiger partial charge < -0.3 is 43.8 Å². The highest BCUT2D eigenvalue weighted by Gasteiger charge is 2.13. The molecule has 0 heterocycles. The Kier molecular flexibility index (Phi) is 73.3. The highest BCUT2D eigenvalue weighted by atomic mass is 32.2. The van der Waals surface area contributed by atoms with Crippen LogP contribution < -0.4 is 29.6 Å². The van der Waals surface area contributed by atoms with Gasteiger partial charge in [-0.2, -0.15) is 0 Å². The smallest absolute Gasteiger partial charge is 0.302 e. The van der Waals surface area contributed by atoms with Gasteiger partial charge in [-0.3, -0.25) is 14.4 Å². The summed E-state index contributed by atoms with van der Waals surface area (Å²) in [6, 6.07) is 60.3. The first-order valence-corrected chi connectivity index (χ1v) is 36.0. The first-order valence-electron chi connectivity index (χ1n) is 34.5. The molecule has 8 aromatic carbocycles. The number of anilines is 1. The highest BCUT2D eigenvalue weighted by Crippen LogP contribution is 2.19. The summed E-state index contributed by atoms with van der Waals surface area (Å²) in [5.41, 5.74) is 12.2. The molecule has 0 saturated heterocycles. The summed E-state index contributed by atoms with van der Waals surface area (Å²) in [5.74, 6) is 2.17. The summed E-state index contributed by atoms with van der Waals surface area (Å²) in [6.45, 7) is 38.0. The van der Waals surface area contributed by atoms with Gasteiger partial charge in [-0.1, -0.05) is 266 Å². The van der Waals surface area contributed by atoms with Gasteiger partial charge in [-0.15, -0.1) is 0 Å². The standard InChI is InChI=1S/C13H19NO2.C12H16O4.C12H12.C11H16N2O3S.C10H14O.2C9H12.C4H10O2.C3H8.6CH4/c1-3-4-13(15)14-9-10-16-12-7-5-11(2)6-8-12;1-10-5-3-4-6-12(10)16-9-14-7-8-15-11(2)13;1-9-3-5-12-8-10(2)4-6-11(12)7-9;1-3-7-12-17(15,16)11-6-4-5-10(8-11)13-9(2)14;1-3-8-11-10-6-4-9(2)5-7-10;2*1-3-9-6-4-8(2)5-7-9;1-3-6-4-5-2;1-3-2;;;;;;/h5-8H,3-4,9-10H2,1-2H3,(H,14,15);3-6H,7-9H2,1-2H3;3-8H,1-2H3;4-6,8,12H,3,7H2,1-2H3,(H,13,14);4-7H,3,8H2,1-2H3;2*4-7H,3H2,1-2H3;3-4H2,1-2H3;3H2,1-2H3;6*1H4. The van der Waals surface area contributed by atoms with E-state index >= 15 is 0 Å². The van der Waals surface area contributed by atoms with Crippen LogP contribution in [0.15, 0.2) is 187 Å². The second-order valence-corrected chi connectivity index (χ2v) is 24.7. The third-order valence-electron chi connectivity index (χ3n) is 13.2. The van der Waals surface area contributed by atoms with Crippen molar-refractivity contribution in [2.75, 3.05) is 72.1 Å². The molecule has 0 fully saturated rings. The fourth-order valence-electron chi connectivity index (χ4n) is 7.85. The molecule has 0 aromatic heterocycles. The molecule has 592 valence electrons. The minimum absolute atomic E-state index is 0. The van der Waals surface area contributed by atoms with Crippen molar-refractivity contribution < 1.29 is 56.0 Å². The number of carbonyl (C=O) groups excluding carboxylic acids is 3. The number of benzene rings is 8. The van der Waals surface area contributed by atoms with Crippen molar-refractivity contribution in [1.29, 1.82) is 0 Å². The number of fused-ring (bicyclic) bond motifs is 1. The van der Waals surface area contributed by atoms with Gasteiger partial charge in [0.15, 0.2) is 6.79 Å². The molecule has 15 nitrogen and oxygen atoms in total. The first kappa shape index (κ1) is 110. The van der Waals surface area contributed by atoms with Crippen LogP contribution in [0.25, 0.3) is 10.8 Å². The molecule has 8 aromatic rings.